The Hall–Kier alpha value is -2.70. The second-order valence-corrected chi connectivity index (χ2v) is 8.32. The number of piperidine rings is 1. The monoisotopic (exact) mass is 410 g/mol. The molecular weight excluding hydrogens is 386 g/mol. The number of nitrogens with one attached hydrogen (secondary N) is 1. The third-order valence-electron chi connectivity index (χ3n) is 5.34. The number of aryl methyl sites for hydroxylation is 2. The van der Waals surface area contributed by atoms with Crippen LogP contribution in [0.15, 0.2) is 53.4 Å². The zero-order chi connectivity index (χ0) is 20.8. The molecular formula is C23H24NO4S-. The molecule has 0 saturated carbocycles. The molecule has 152 valence electrons. The van der Waals surface area contributed by atoms with Crippen molar-refractivity contribution in [2.75, 3.05) is 20.1 Å². The summed E-state index contributed by atoms with van der Waals surface area (Å²) in [5.74, 6) is -3.09. The van der Waals surface area contributed by atoms with Crippen molar-refractivity contribution in [1.82, 2.24) is 0 Å². The third-order valence-corrected chi connectivity index (χ3v) is 6.32. The van der Waals surface area contributed by atoms with E-state index in [-0.39, 0.29) is 0 Å². The average Bonchev–Trinajstić information content (AvgIpc) is 3.10. The Bertz CT molecular complexity index is 931. The van der Waals surface area contributed by atoms with Gasteiger partial charge in [0.1, 0.15) is 0 Å². The maximum Gasteiger partial charge on any atom is 0.0807 e. The van der Waals surface area contributed by atoms with Crippen molar-refractivity contribution < 1.29 is 24.7 Å². The third kappa shape index (κ3) is 5.43. The quantitative estimate of drug-likeness (QED) is 0.707. The Labute approximate surface area is 174 Å². The minimum Gasteiger partial charge on any atom is -0.545 e. The number of likely N-dealkylation sites (tertiary alicyclic amines) is 1. The molecule has 0 atom stereocenters. The highest BCUT2D eigenvalue weighted by molar-refractivity contribution is 7.10. The van der Waals surface area contributed by atoms with Gasteiger partial charge in [-0.15, -0.1) is 11.3 Å². The number of carbonyl (C=O) groups excluding carboxylic acids is 2. The predicted molar refractivity (Wildman–Crippen MR) is 109 cm³/mol. The number of thiophene rings is 1. The van der Waals surface area contributed by atoms with Crippen LogP contribution >= 0.6 is 11.3 Å². The predicted octanol–water partition coefficient (Wildman–Crippen LogP) is -0.000500. The molecule has 4 rings (SSSR count). The maximum absolute atomic E-state index is 9.41. The summed E-state index contributed by atoms with van der Waals surface area (Å²) in [4.78, 5) is 22.1. The van der Waals surface area contributed by atoms with Crippen LogP contribution in [-0.4, -0.2) is 32.1 Å². The van der Waals surface area contributed by atoms with E-state index in [1.807, 2.05) is 11.3 Å². The lowest BCUT2D eigenvalue weighted by molar-refractivity contribution is -0.882. The van der Waals surface area contributed by atoms with Crippen LogP contribution in [0.25, 0.3) is 5.57 Å². The van der Waals surface area contributed by atoms with E-state index in [0.717, 1.165) is 0 Å². The van der Waals surface area contributed by atoms with Crippen LogP contribution in [0.4, 0.5) is 0 Å². The van der Waals surface area contributed by atoms with Gasteiger partial charge in [0.15, 0.2) is 0 Å². The highest BCUT2D eigenvalue weighted by Crippen LogP contribution is 2.39. The van der Waals surface area contributed by atoms with E-state index < -0.39 is 11.9 Å². The number of carboxylic acid groups (broad SMARTS) is 2. The molecule has 0 radical (unpaired) electrons. The fourth-order valence-corrected chi connectivity index (χ4v) is 4.76. The number of fused-ring (bicyclic) bond motifs is 2. The van der Waals surface area contributed by atoms with Crippen LogP contribution < -0.4 is 15.1 Å². The Morgan fingerprint density at radius 2 is 1.59 bits per heavy atom. The summed E-state index contributed by atoms with van der Waals surface area (Å²) >= 11 is 1.94. The van der Waals surface area contributed by atoms with Gasteiger partial charge in [-0.25, -0.2) is 0 Å². The number of hydrogen-bond donors (Lipinski definition) is 1. The highest BCUT2D eigenvalue weighted by Gasteiger charge is 2.24. The summed E-state index contributed by atoms with van der Waals surface area (Å²) in [7, 11) is 2.32. The van der Waals surface area contributed by atoms with Gasteiger partial charge >= 0.3 is 0 Å². The Morgan fingerprint density at radius 3 is 2.24 bits per heavy atom. The van der Waals surface area contributed by atoms with E-state index in [0.29, 0.717) is 12.2 Å². The lowest BCUT2D eigenvalue weighted by atomic mass is 9.88. The molecule has 1 aliphatic heterocycles. The number of aliphatic carboxylic acids is 2. The number of carbonyl (C=O) groups is 2. The Balaban J connectivity index is 0.000000258. The van der Waals surface area contributed by atoms with Crippen molar-refractivity contribution in [2.24, 2.45) is 0 Å². The summed E-state index contributed by atoms with van der Waals surface area (Å²) in [6.07, 6.45) is 5.66. The van der Waals surface area contributed by atoms with Gasteiger partial charge in [-0.05, 0) is 58.7 Å². The maximum atomic E-state index is 9.41. The van der Waals surface area contributed by atoms with Crippen LogP contribution in [0.2, 0.25) is 0 Å². The molecule has 0 unspecified atom stereocenters. The van der Waals surface area contributed by atoms with Crippen molar-refractivity contribution in [3.05, 3.63) is 75.0 Å². The lowest BCUT2D eigenvalue weighted by Gasteiger charge is -2.25. The fraction of sp³-hybridized carbons (Fsp3) is 0.304. The van der Waals surface area contributed by atoms with Gasteiger partial charge in [0.25, 0.3) is 0 Å². The second kappa shape index (κ2) is 9.67. The molecule has 1 aromatic heterocycles. The molecule has 5 nitrogen and oxygen atoms in total. The summed E-state index contributed by atoms with van der Waals surface area (Å²) < 4.78 is 0. The van der Waals surface area contributed by atoms with Crippen LogP contribution in [-0.2, 0) is 22.4 Å². The molecule has 6 heteroatoms. The van der Waals surface area contributed by atoms with Crippen molar-refractivity contribution >= 4 is 28.8 Å². The molecule has 2 aliphatic rings. The summed E-state index contributed by atoms with van der Waals surface area (Å²) in [5.41, 5.74) is 7.83. The second-order valence-electron chi connectivity index (χ2n) is 7.32. The molecule has 1 N–H and O–H groups in total. The van der Waals surface area contributed by atoms with Gasteiger partial charge in [-0.3, -0.25) is 0 Å². The molecule has 2 heterocycles. The van der Waals surface area contributed by atoms with Crippen molar-refractivity contribution in [1.29, 1.82) is 0 Å². The van der Waals surface area contributed by atoms with Crippen LogP contribution in [0.1, 0.15) is 34.4 Å². The van der Waals surface area contributed by atoms with Crippen molar-refractivity contribution in [3.8, 4) is 0 Å². The van der Waals surface area contributed by atoms with Crippen molar-refractivity contribution in [2.45, 2.75) is 25.7 Å². The summed E-state index contributed by atoms with van der Waals surface area (Å²) in [6.45, 7) is 2.56. The molecule has 1 aliphatic carbocycles. The Morgan fingerprint density at radius 1 is 0.931 bits per heavy atom. The molecule has 1 saturated heterocycles. The van der Waals surface area contributed by atoms with Gasteiger partial charge < -0.3 is 24.7 Å². The summed E-state index contributed by atoms with van der Waals surface area (Å²) in [6, 6.07) is 11.4. The van der Waals surface area contributed by atoms with E-state index in [1.165, 1.54) is 55.5 Å². The van der Waals surface area contributed by atoms with Crippen LogP contribution in [0.5, 0.6) is 0 Å². The molecule has 1 fully saturated rings. The fourth-order valence-electron chi connectivity index (χ4n) is 3.88. The van der Waals surface area contributed by atoms with Gasteiger partial charge in [0.2, 0.25) is 0 Å². The zero-order valence-corrected chi connectivity index (χ0v) is 17.2. The number of benzene rings is 1. The minimum absolute atomic E-state index is 0.384. The molecule has 0 bridgehead atoms. The first-order valence-corrected chi connectivity index (χ1v) is 10.6. The molecule has 1 aromatic carbocycles. The van der Waals surface area contributed by atoms with Crippen LogP contribution in [0, 0.1) is 0 Å². The summed E-state index contributed by atoms with van der Waals surface area (Å²) in [5, 5.41) is 21.1. The first-order chi connectivity index (χ1) is 14.0. The SMILES string of the molecule is C[NH+]1CCC(=C2c3ccccc3CCc3sccc32)CC1.O=C([O-])/C=C\C(=O)[O-]. The molecule has 0 spiro atoms. The average molecular weight is 411 g/mol. The van der Waals surface area contributed by atoms with Gasteiger partial charge in [0.05, 0.1) is 32.1 Å². The lowest BCUT2D eigenvalue weighted by Crippen LogP contribution is -3.09. The molecule has 2 aromatic rings. The van der Waals surface area contributed by atoms with E-state index in [1.54, 1.807) is 20.9 Å². The molecule has 29 heavy (non-hydrogen) atoms. The number of carboxylic acids is 2. The van der Waals surface area contributed by atoms with Gasteiger partial charge in [0, 0.05) is 17.7 Å². The van der Waals surface area contributed by atoms with E-state index >= 15 is 0 Å². The van der Waals surface area contributed by atoms with E-state index in [2.05, 4.69) is 42.8 Å². The van der Waals surface area contributed by atoms with Gasteiger partial charge in [-0.2, -0.15) is 0 Å². The number of rotatable bonds is 2. The smallest absolute Gasteiger partial charge is 0.0807 e. The normalized spacial score (nSPS) is 18.3. The Kier molecular flexibility index (Phi) is 7.01. The zero-order valence-electron chi connectivity index (χ0n) is 16.4. The largest absolute Gasteiger partial charge is 0.545 e. The topological polar surface area (TPSA) is 84.7 Å². The van der Waals surface area contributed by atoms with E-state index in [9.17, 15) is 19.8 Å². The minimum atomic E-state index is -1.55. The standard InChI is InChI=1S/C19H21NS.C4H4O4/c1-20-11-8-15(9-12-20)19-16-5-3-2-4-14(16)6-7-18-17(19)10-13-21-18;5-3(6)1-2-4(7)8/h2-5,10,13H,6-9,11-12H2,1H3;1-2H,(H,5,6)(H,7,8)/p-1/b;2-1-. The number of hydrogen-bond acceptors (Lipinski definition) is 5. The number of quaternary nitrogens is 1. The first-order valence-electron chi connectivity index (χ1n) is 9.74. The van der Waals surface area contributed by atoms with Gasteiger partial charge in [-0.1, -0.05) is 29.8 Å². The highest BCUT2D eigenvalue weighted by atomic mass is 32.1. The first kappa shape index (κ1) is 21.0. The van der Waals surface area contributed by atoms with E-state index in [4.69, 9.17) is 0 Å². The van der Waals surface area contributed by atoms with Crippen molar-refractivity contribution in [3.63, 3.8) is 0 Å². The van der Waals surface area contributed by atoms with Crippen LogP contribution in [0.3, 0.4) is 0 Å². The molecule has 0 amide bonds.